The number of ether oxygens (including phenoxy) is 1. The molecule has 0 radical (unpaired) electrons. The summed E-state index contributed by atoms with van der Waals surface area (Å²) in [5, 5.41) is 2.53. The molecule has 1 saturated carbocycles. The van der Waals surface area contributed by atoms with Crippen molar-refractivity contribution in [2.24, 2.45) is 0 Å². The molecule has 1 aliphatic carbocycles. The standard InChI is InChI=1S/C18H25N3O4/c1-11(25-14-9-5-12(6-10-14)18(2,3)4)15(22)20-21-17(24)16(23)19-13-7-8-13/h5-6,9-11,13H,7-8H2,1-4H3,(H,19,23)(H,20,22)(H,21,24)/t11-/m1/s1. The van der Waals surface area contributed by atoms with Crippen LogP contribution in [0, 0.1) is 0 Å². The summed E-state index contributed by atoms with van der Waals surface area (Å²) in [5.41, 5.74) is 5.46. The van der Waals surface area contributed by atoms with E-state index in [1.54, 1.807) is 19.1 Å². The van der Waals surface area contributed by atoms with Gasteiger partial charge in [-0.3, -0.25) is 25.2 Å². The third kappa shape index (κ3) is 5.77. The van der Waals surface area contributed by atoms with E-state index in [9.17, 15) is 14.4 Å². The van der Waals surface area contributed by atoms with Crippen LogP contribution < -0.4 is 20.9 Å². The first-order valence-electron chi connectivity index (χ1n) is 8.34. The minimum Gasteiger partial charge on any atom is -0.481 e. The lowest BCUT2D eigenvalue weighted by Crippen LogP contribution is -2.51. The molecule has 1 atom stereocenters. The number of hydrazine groups is 1. The largest absolute Gasteiger partial charge is 0.481 e. The Bertz CT molecular complexity index is 645. The maximum absolute atomic E-state index is 12.0. The number of amides is 3. The highest BCUT2D eigenvalue weighted by Crippen LogP contribution is 2.24. The molecule has 0 spiro atoms. The average molecular weight is 347 g/mol. The molecule has 0 saturated heterocycles. The van der Waals surface area contributed by atoms with Crippen LogP contribution in [0.15, 0.2) is 24.3 Å². The predicted molar refractivity (Wildman–Crippen MR) is 92.7 cm³/mol. The summed E-state index contributed by atoms with van der Waals surface area (Å²) in [6, 6.07) is 7.57. The van der Waals surface area contributed by atoms with Crippen LogP contribution in [0.1, 0.15) is 46.1 Å². The second kappa shape index (κ2) is 7.55. The third-order valence-corrected chi connectivity index (χ3v) is 3.82. The number of hydrogen-bond acceptors (Lipinski definition) is 4. The van der Waals surface area contributed by atoms with Crippen LogP contribution in [0.25, 0.3) is 0 Å². The van der Waals surface area contributed by atoms with Crippen LogP contribution >= 0.6 is 0 Å². The van der Waals surface area contributed by atoms with Crippen molar-refractivity contribution < 1.29 is 19.1 Å². The van der Waals surface area contributed by atoms with Gasteiger partial charge in [0.25, 0.3) is 5.91 Å². The monoisotopic (exact) mass is 347 g/mol. The molecule has 2 rings (SSSR count). The first kappa shape index (κ1) is 18.8. The topological polar surface area (TPSA) is 96.5 Å². The van der Waals surface area contributed by atoms with Gasteiger partial charge in [-0.05, 0) is 42.9 Å². The molecule has 1 aromatic carbocycles. The van der Waals surface area contributed by atoms with Gasteiger partial charge in [-0.1, -0.05) is 32.9 Å². The van der Waals surface area contributed by atoms with Crippen LogP contribution in [0.5, 0.6) is 5.75 Å². The number of carbonyl (C=O) groups excluding carboxylic acids is 3. The lowest BCUT2D eigenvalue weighted by molar-refractivity contribution is -0.141. The summed E-state index contributed by atoms with van der Waals surface area (Å²) in [5.74, 6) is -1.66. The van der Waals surface area contributed by atoms with Crippen molar-refractivity contribution in [2.75, 3.05) is 0 Å². The zero-order valence-corrected chi connectivity index (χ0v) is 15.0. The Morgan fingerprint density at radius 3 is 2.16 bits per heavy atom. The average Bonchev–Trinajstić information content (AvgIpc) is 3.35. The first-order chi connectivity index (χ1) is 11.7. The fraction of sp³-hybridized carbons (Fsp3) is 0.500. The maximum atomic E-state index is 12.0. The van der Waals surface area contributed by atoms with Gasteiger partial charge in [-0.25, -0.2) is 0 Å². The Balaban J connectivity index is 1.79. The number of benzene rings is 1. The van der Waals surface area contributed by atoms with Crippen molar-refractivity contribution >= 4 is 17.7 Å². The molecule has 1 fully saturated rings. The van der Waals surface area contributed by atoms with Gasteiger partial charge < -0.3 is 10.1 Å². The van der Waals surface area contributed by atoms with Gasteiger partial charge >= 0.3 is 11.8 Å². The lowest BCUT2D eigenvalue weighted by atomic mass is 9.87. The number of rotatable bonds is 4. The van der Waals surface area contributed by atoms with Gasteiger partial charge in [-0.15, -0.1) is 0 Å². The summed E-state index contributed by atoms with van der Waals surface area (Å²) in [4.78, 5) is 35.0. The van der Waals surface area contributed by atoms with Gasteiger partial charge in [0.05, 0.1) is 0 Å². The lowest BCUT2D eigenvalue weighted by Gasteiger charge is -2.20. The van der Waals surface area contributed by atoms with Crippen LogP contribution in [-0.4, -0.2) is 29.9 Å². The quantitative estimate of drug-likeness (QED) is 0.563. The zero-order valence-electron chi connectivity index (χ0n) is 15.0. The molecule has 3 amide bonds. The Morgan fingerprint density at radius 1 is 1.04 bits per heavy atom. The SMILES string of the molecule is C[C@@H](Oc1ccc(C(C)(C)C)cc1)C(=O)NNC(=O)C(=O)NC1CC1. The predicted octanol–water partition coefficient (Wildman–Crippen LogP) is 1.18. The number of carbonyl (C=O) groups is 3. The second-order valence-corrected chi connectivity index (χ2v) is 7.23. The number of nitrogens with one attached hydrogen (secondary N) is 3. The molecule has 7 nitrogen and oxygen atoms in total. The van der Waals surface area contributed by atoms with E-state index in [4.69, 9.17) is 4.74 Å². The minimum absolute atomic E-state index is 0.0346. The Hall–Kier alpha value is -2.57. The van der Waals surface area contributed by atoms with E-state index < -0.39 is 23.8 Å². The van der Waals surface area contributed by atoms with Gasteiger partial charge in [0.1, 0.15) is 5.75 Å². The molecular weight excluding hydrogens is 322 g/mol. The van der Waals surface area contributed by atoms with Crippen LogP contribution in [-0.2, 0) is 19.8 Å². The summed E-state index contributed by atoms with van der Waals surface area (Å²) >= 11 is 0. The highest BCUT2D eigenvalue weighted by atomic mass is 16.5. The zero-order chi connectivity index (χ0) is 18.6. The Labute approximate surface area is 147 Å². The Kier molecular flexibility index (Phi) is 5.66. The molecule has 0 bridgehead atoms. The van der Waals surface area contributed by atoms with Gasteiger partial charge in [-0.2, -0.15) is 0 Å². The maximum Gasteiger partial charge on any atom is 0.327 e. The molecule has 0 aliphatic heterocycles. The first-order valence-corrected chi connectivity index (χ1v) is 8.34. The molecular formula is C18H25N3O4. The van der Waals surface area contributed by atoms with E-state index in [-0.39, 0.29) is 11.5 Å². The van der Waals surface area contributed by atoms with E-state index in [2.05, 4.69) is 36.9 Å². The molecule has 1 aliphatic rings. The van der Waals surface area contributed by atoms with E-state index in [0.29, 0.717) is 5.75 Å². The van der Waals surface area contributed by atoms with Gasteiger partial charge in [0.2, 0.25) is 0 Å². The Morgan fingerprint density at radius 2 is 1.64 bits per heavy atom. The van der Waals surface area contributed by atoms with E-state index >= 15 is 0 Å². The molecule has 0 aromatic heterocycles. The minimum atomic E-state index is -0.901. The van der Waals surface area contributed by atoms with Crippen LogP contribution in [0.3, 0.4) is 0 Å². The molecule has 0 unspecified atom stereocenters. The van der Waals surface area contributed by atoms with E-state index in [1.165, 1.54) is 0 Å². The second-order valence-electron chi connectivity index (χ2n) is 7.23. The molecule has 0 heterocycles. The summed E-state index contributed by atoms with van der Waals surface area (Å²) in [6.07, 6.45) is 0.932. The molecule has 7 heteroatoms. The summed E-state index contributed by atoms with van der Waals surface area (Å²) < 4.78 is 5.55. The van der Waals surface area contributed by atoms with Crippen LogP contribution in [0.2, 0.25) is 0 Å². The van der Waals surface area contributed by atoms with Crippen molar-refractivity contribution in [1.29, 1.82) is 0 Å². The van der Waals surface area contributed by atoms with Crippen LogP contribution in [0.4, 0.5) is 0 Å². The highest BCUT2D eigenvalue weighted by molar-refractivity contribution is 6.35. The molecule has 25 heavy (non-hydrogen) atoms. The molecule has 3 N–H and O–H groups in total. The molecule has 136 valence electrons. The van der Waals surface area contributed by atoms with Crippen molar-refractivity contribution in [1.82, 2.24) is 16.2 Å². The number of hydrogen-bond donors (Lipinski definition) is 3. The fourth-order valence-corrected chi connectivity index (χ4v) is 2.05. The smallest absolute Gasteiger partial charge is 0.327 e. The summed E-state index contributed by atoms with van der Waals surface area (Å²) in [6.45, 7) is 7.90. The molecule has 1 aromatic rings. The third-order valence-electron chi connectivity index (χ3n) is 3.82. The van der Waals surface area contributed by atoms with Gasteiger partial charge in [0.15, 0.2) is 6.10 Å². The van der Waals surface area contributed by atoms with E-state index in [0.717, 1.165) is 18.4 Å². The van der Waals surface area contributed by atoms with Crippen molar-refractivity contribution in [3.05, 3.63) is 29.8 Å². The van der Waals surface area contributed by atoms with Crippen molar-refractivity contribution in [3.8, 4) is 5.75 Å². The normalized spacial score (nSPS) is 15.0. The summed E-state index contributed by atoms with van der Waals surface area (Å²) in [7, 11) is 0. The highest BCUT2D eigenvalue weighted by Gasteiger charge is 2.27. The van der Waals surface area contributed by atoms with Gasteiger partial charge in [0, 0.05) is 6.04 Å². The fourth-order valence-electron chi connectivity index (χ4n) is 2.05. The van der Waals surface area contributed by atoms with Crippen molar-refractivity contribution in [2.45, 2.75) is 58.1 Å². The van der Waals surface area contributed by atoms with E-state index in [1.807, 2.05) is 12.1 Å². The van der Waals surface area contributed by atoms with Crippen molar-refractivity contribution in [3.63, 3.8) is 0 Å².